The van der Waals surface area contributed by atoms with E-state index in [0.717, 1.165) is 50.9 Å². The van der Waals surface area contributed by atoms with Gasteiger partial charge < -0.3 is 10.2 Å². The highest BCUT2D eigenvalue weighted by molar-refractivity contribution is 5.94. The number of pyridine rings is 1. The number of nitrogens with zero attached hydrogens (tertiary/aromatic N) is 3. The molecule has 2 amide bonds. The zero-order chi connectivity index (χ0) is 17.4. The number of likely N-dealkylation sites (N-methyl/N-ethyl adjacent to an activating group) is 1. The van der Waals surface area contributed by atoms with Crippen molar-refractivity contribution in [1.82, 2.24) is 20.1 Å². The van der Waals surface area contributed by atoms with E-state index in [2.05, 4.69) is 22.2 Å². The van der Waals surface area contributed by atoms with Crippen molar-refractivity contribution in [3.05, 3.63) is 29.1 Å². The van der Waals surface area contributed by atoms with Gasteiger partial charge in [0.2, 0.25) is 5.91 Å². The highest BCUT2D eigenvalue weighted by Crippen LogP contribution is 2.31. The lowest BCUT2D eigenvalue weighted by molar-refractivity contribution is -0.121. The van der Waals surface area contributed by atoms with E-state index in [9.17, 15) is 9.59 Å². The third-order valence-electron chi connectivity index (χ3n) is 6.18. The highest BCUT2D eigenvalue weighted by atomic mass is 16.2. The quantitative estimate of drug-likeness (QED) is 0.827. The molecule has 4 rings (SSSR count). The Morgan fingerprint density at radius 1 is 1.24 bits per heavy atom. The summed E-state index contributed by atoms with van der Waals surface area (Å²) in [5.74, 6) is 0.203. The largest absolute Gasteiger partial charge is 0.356 e. The van der Waals surface area contributed by atoms with Crippen LogP contribution in [0.1, 0.15) is 47.3 Å². The van der Waals surface area contributed by atoms with Crippen molar-refractivity contribution in [3.8, 4) is 0 Å². The summed E-state index contributed by atoms with van der Waals surface area (Å²) in [5.41, 5.74) is 3.00. The lowest BCUT2D eigenvalue weighted by atomic mass is 9.86. The summed E-state index contributed by atoms with van der Waals surface area (Å²) in [4.78, 5) is 33.6. The maximum Gasteiger partial charge on any atom is 0.255 e. The molecule has 2 aliphatic heterocycles. The maximum absolute atomic E-state index is 13.1. The Hall–Kier alpha value is -1.95. The second kappa shape index (κ2) is 6.41. The average Bonchev–Trinajstić information content (AvgIpc) is 3.01. The molecule has 2 saturated heterocycles. The number of amides is 2. The van der Waals surface area contributed by atoms with Gasteiger partial charge in [-0.3, -0.25) is 19.5 Å². The lowest BCUT2D eigenvalue weighted by Gasteiger charge is -2.49. The number of rotatable bonds is 1. The number of carbonyl (C=O) groups excluding carboxylic acids is 2. The van der Waals surface area contributed by atoms with Gasteiger partial charge in [0, 0.05) is 50.0 Å². The fourth-order valence-electron chi connectivity index (χ4n) is 4.50. The second-order valence-electron chi connectivity index (χ2n) is 7.66. The minimum absolute atomic E-state index is 0.0817. The molecule has 0 bridgehead atoms. The van der Waals surface area contributed by atoms with Gasteiger partial charge in [-0.2, -0.15) is 0 Å². The second-order valence-corrected chi connectivity index (χ2v) is 7.66. The molecule has 0 aromatic carbocycles. The molecule has 134 valence electrons. The van der Waals surface area contributed by atoms with Crippen LogP contribution in [0.3, 0.4) is 0 Å². The maximum atomic E-state index is 13.1. The molecule has 1 N–H and O–H groups in total. The SMILES string of the molecule is CN1CCN(C(=O)c2cnc3c(c2)CCC3)C[C@]12CCNC(=O)CC2. The minimum atomic E-state index is -0.1000. The van der Waals surface area contributed by atoms with Crippen LogP contribution in [-0.2, 0) is 17.6 Å². The van der Waals surface area contributed by atoms with Crippen molar-refractivity contribution in [2.24, 2.45) is 0 Å². The van der Waals surface area contributed by atoms with Crippen molar-refractivity contribution in [2.45, 2.75) is 44.1 Å². The summed E-state index contributed by atoms with van der Waals surface area (Å²) in [5, 5.41) is 2.96. The van der Waals surface area contributed by atoms with Gasteiger partial charge in [-0.05, 0) is 50.8 Å². The molecular formula is C19H26N4O2. The smallest absolute Gasteiger partial charge is 0.255 e. The van der Waals surface area contributed by atoms with E-state index in [-0.39, 0.29) is 17.4 Å². The van der Waals surface area contributed by atoms with Crippen LogP contribution in [-0.4, -0.2) is 65.4 Å². The molecule has 2 fully saturated rings. The van der Waals surface area contributed by atoms with Crippen LogP contribution < -0.4 is 5.32 Å². The Kier molecular flexibility index (Phi) is 4.23. The van der Waals surface area contributed by atoms with Crippen molar-refractivity contribution in [1.29, 1.82) is 0 Å². The molecule has 3 aliphatic rings. The molecule has 3 heterocycles. The molecule has 0 unspecified atom stereocenters. The van der Waals surface area contributed by atoms with Gasteiger partial charge in [-0.15, -0.1) is 0 Å². The Morgan fingerprint density at radius 3 is 3.00 bits per heavy atom. The minimum Gasteiger partial charge on any atom is -0.356 e. The van der Waals surface area contributed by atoms with Gasteiger partial charge in [0.05, 0.1) is 5.56 Å². The van der Waals surface area contributed by atoms with Crippen molar-refractivity contribution in [2.75, 3.05) is 33.2 Å². The number of hydrogen-bond acceptors (Lipinski definition) is 4. The Morgan fingerprint density at radius 2 is 2.12 bits per heavy atom. The first-order valence-corrected chi connectivity index (χ1v) is 9.32. The molecule has 25 heavy (non-hydrogen) atoms. The van der Waals surface area contributed by atoms with Crippen LogP contribution in [0.2, 0.25) is 0 Å². The van der Waals surface area contributed by atoms with Crippen molar-refractivity contribution < 1.29 is 9.59 Å². The predicted molar refractivity (Wildman–Crippen MR) is 94.4 cm³/mol. The molecule has 6 nitrogen and oxygen atoms in total. The van der Waals surface area contributed by atoms with Crippen LogP contribution in [0.5, 0.6) is 0 Å². The summed E-state index contributed by atoms with van der Waals surface area (Å²) in [6.45, 7) is 2.95. The topological polar surface area (TPSA) is 65.5 Å². The first-order valence-electron chi connectivity index (χ1n) is 9.32. The Balaban J connectivity index is 1.54. The number of hydrogen-bond donors (Lipinski definition) is 1. The Labute approximate surface area is 148 Å². The summed E-state index contributed by atoms with van der Waals surface area (Å²) in [6.07, 6.45) is 7.18. The summed E-state index contributed by atoms with van der Waals surface area (Å²) >= 11 is 0. The molecule has 1 atom stereocenters. The monoisotopic (exact) mass is 342 g/mol. The molecule has 1 spiro atoms. The fraction of sp³-hybridized carbons (Fsp3) is 0.632. The molecule has 0 radical (unpaired) electrons. The number of aromatic nitrogens is 1. The van der Waals surface area contributed by atoms with Crippen molar-refractivity contribution in [3.63, 3.8) is 0 Å². The molecule has 1 aromatic rings. The lowest BCUT2D eigenvalue weighted by Crippen LogP contribution is -2.62. The van der Waals surface area contributed by atoms with E-state index in [0.29, 0.717) is 25.1 Å². The van der Waals surface area contributed by atoms with Gasteiger partial charge in [-0.25, -0.2) is 0 Å². The van der Waals surface area contributed by atoms with E-state index >= 15 is 0 Å². The average molecular weight is 342 g/mol. The third-order valence-corrected chi connectivity index (χ3v) is 6.18. The molecule has 1 aliphatic carbocycles. The highest BCUT2D eigenvalue weighted by Gasteiger charge is 2.42. The first kappa shape index (κ1) is 16.5. The van der Waals surface area contributed by atoms with E-state index in [1.807, 2.05) is 11.0 Å². The first-order chi connectivity index (χ1) is 12.1. The molecule has 0 saturated carbocycles. The van der Waals surface area contributed by atoms with E-state index in [1.54, 1.807) is 6.20 Å². The Bertz CT molecular complexity index is 705. The van der Waals surface area contributed by atoms with Crippen LogP contribution >= 0.6 is 0 Å². The number of aryl methyl sites for hydroxylation is 2. The van der Waals surface area contributed by atoms with E-state index < -0.39 is 0 Å². The van der Waals surface area contributed by atoms with Gasteiger partial charge in [0.25, 0.3) is 5.91 Å². The zero-order valence-electron chi connectivity index (χ0n) is 14.9. The van der Waals surface area contributed by atoms with E-state index in [1.165, 1.54) is 5.56 Å². The van der Waals surface area contributed by atoms with Crippen LogP contribution in [0.15, 0.2) is 12.3 Å². The van der Waals surface area contributed by atoms with E-state index in [4.69, 9.17) is 0 Å². The number of nitrogens with one attached hydrogen (secondary N) is 1. The zero-order valence-corrected chi connectivity index (χ0v) is 14.9. The van der Waals surface area contributed by atoms with Gasteiger partial charge in [0.15, 0.2) is 0 Å². The fourth-order valence-corrected chi connectivity index (χ4v) is 4.50. The standard InChI is InChI=1S/C19H26N4O2/c1-22-9-10-23(13-19(22)6-5-17(24)20-8-7-19)18(25)15-11-14-3-2-4-16(14)21-12-15/h11-12H,2-10,13H2,1H3,(H,20,24)/t19-/m0/s1. The van der Waals surface area contributed by atoms with Gasteiger partial charge >= 0.3 is 0 Å². The van der Waals surface area contributed by atoms with Crippen LogP contribution in [0.25, 0.3) is 0 Å². The third kappa shape index (κ3) is 3.03. The number of carbonyl (C=O) groups is 2. The number of piperazine rings is 1. The normalized spacial score (nSPS) is 27.1. The molecule has 1 aromatic heterocycles. The molecular weight excluding hydrogens is 316 g/mol. The van der Waals surface area contributed by atoms with Crippen molar-refractivity contribution >= 4 is 11.8 Å². The summed E-state index contributed by atoms with van der Waals surface area (Å²) in [7, 11) is 2.12. The predicted octanol–water partition coefficient (Wildman–Crippen LogP) is 0.997. The molecule has 6 heteroatoms. The summed E-state index contributed by atoms with van der Waals surface area (Å²) < 4.78 is 0. The summed E-state index contributed by atoms with van der Waals surface area (Å²) in [6, 6.07) is 2.04. The van der Waals surface area contributed by atoms with Gasteiger partial charge in [-0.1, -0.05) is 0 Å². The van der Waals surface area contributed by atoms with Crippen LogP contribution in [0.4, 0.5) is 0 Å². The van der Waals surface area contributed by atoms with Gasteiger partial charge in [0.1, 0.15) is 0 Å². The number of fused-ring (bicyclic) bond motifs is 1. The van der Waals surface area contributed by atoms with Crippen LogP contribution in [0, 0.1) is 0 Å².